The van der Waals surface area contributed by atoms with Crippen molar-refractivity contribution in [2.24, 2.45) is 5.73 Å². The van der Waals surface area contributed by atoms with Crippen LogP contribution in [0, 0.1) is 0 Å². The van der Waals surface area contributed by atoms with Gasteiger partial charge in [-0.1, -0.05) is 42.5 Å². The normalized spacial score (nSPS) is 16.6. The van der Waals surface area contributed by atoms with E-state index in [0.717, 1.165) is 5.56 Å². The zero-order chi connectivity index (χ0) is 19.2. The highest BCUT2D eigenvalue weighted by Gasteiger charge is 2.27. The third-order valence-electron chi connectivity index (χ3n) is 4.59. The summed E-state index contributed by atoms with van der Waals surface area (Å²) in [6, 6.07) is 15.6. The summed E-state index contributed by atoms with van der Waals surface area (Å²) in [6.45, 7) is -1.71. The first-order chi connectivity index (χ1) is 13.0. The van der Waals surface area contributed by atoms with Gasteiger partial charge >= 0.3 is 6.61 Å². The van der Waals surface area contributed by atoms with E-state index in [0.29, 0.717) is 31.6 Å². The van der Waals surface area contributed by atoms with Crippen molar-refractivity contribution in [3.05, 3.63) is 60.2 Å². The molecule has 1 fully saturated rings. The van der Waals surface area contributed by atoms with Gasteiger partial charge in [-0.15, -0.1) is 24.8 Å². The van der Waals surface area contributed by atoms with Crippen LogP contribution in [0.1, 0.15) is 12.0 Å². The molecule has 2 aromatic carbocycles. The first-order valence-electron chi connectivity index (χ1n) is 8.91. The Hall–Kier alpha value is -2.09. The minimum atomic E-state index is -2.87. The number of carbonyl (C=O) groups is 1. The number of anilines is 1. The standard InChI is InChI=1S/C20H23F2N3O2.2ClH/c21-20(22)27-18-9-5-4-8-17(18)25-11-10-15(13-25)24-19(26)16(23)12-14-6-2-1-3-7-14;;/h1-9,15-16,20H,10-13,23H2,(H,24,26);2*1H. The molecule has 2 atom stereocenters. The number of benzene rings is 2. The van der Waals surface area contributed by atoms with E-state index < -0.39 is 12.7 Å². The molecular formula is C20H25Cl2F2N3O2. The van der Waals surface area contributed by atoms with Crippen molar-refractivity contribution in [1.82, 2.24) is 5.32 Å². The predicted molar refractivity (Wildman–Crippen MR) is 114 cm³/mol. The molecule has 1 amide bonds. The molecule has 3 N–H and O–H groups in total. The van der Waals surface area contributed by atoms with Gasteiger partial charge in [0, 0.05) is 19.1 Å². The van der Waals surface area contributed by atoms with Crippen LogP contribution in [0.5, 0.6) is 5.75 Å². The highest BCUT2D eigenvalue weighted by atomic mass is 35.5. The van der Waals surface area contributed by atoms with Gasteiger partial charge in [0.25, 0.3) is 0 Å². The zero-order valence-corrected chi connectivity index (χ0v) is 17.3. The minimum Gasteiger partial charge on any atom is -0.433 e. The van der Waals surface area contributed by atoms with E-state index in [2.05, 4.69) is 10.1 Å². The molecule has 29 heavy (non-hydrogen) atoms. The van der Waals surface area contributed by atoms with Gasteiger partial charge in [-0.2, -0.15) is 8.78 Å². The number of nitrogens with one attached hydrogen (secondary N) is 1. The number of hydrogen-bond acceptors (Lipinski definition) is 4. The molecule has 3 rings (SSSR count). The Kier molecular flexibility index (Phi) is 10.2. The van der Waals surface area contributed by atoms with Crippen LogP contribution in [0.2, 0.25) is 0 Å². The maximum Gasteiger partial charge on any atom is 0.387 e. The van der Waals surface area contributed by atoms with Crippen LogP contribution in [0.25, 0.3) is 0 Å². The van der Waals surface area contributed by atoms with Gasteiger partial charge in [0.15, 0.2) is 0 Å². The molecule has 1 heterocycles. The zero-order valence-electron chi connectivity index (χ0n) is 15.7. The molecular weight excluding hydrogens is 423 g/mol. The Morgan fingerprint density at radius 2 is 1.79 bits per heavy atom. The summed E-state index contributed by atoms with van der Waals surface area (Å²) in [4.78, 5) is 14.3. The Morgan fingerprint density at radius 1 is 1.14 bits per heavy atom. The SMILES string of the molecule is Cl.Cl.NC(Cc1ccccc1)C(=O)NC1CCN(c2ccccc2OC(F)F)C1. The maximum absolute atomic E-state index is 12.6. The van der Waals surface area contributed by atoms with E-state index in [4.69, 9.17) is 5.73 Å². The number of hydrogen-bond donors (Lipinski definition) is 2. The number of rotatable bonds is 7. The molecule has 0 aromatic heterocycles. The molecule has 0 aliphatic carbocycles. The molecule has 0 spiro atoms. The van der Waals surface area contributed by atoms with Crippen LogP contribution < -0.4 is 20.7 Å². The van der Waals surface area contributed by atoms with E-state index in [1.165, 1.54) is 6.07 Å². The Balaban J connectivity index is 0.00000210. The van der Waals surface area contributed by atoms with Gasteiger partial charge in [0.05, 0.1) is 11.7 Å². The van der Waals surface area contributed by atoms with Gasteiger partial charge in [0.1, 0.15) is 5.75 Å². The lowest BCUT2D eigenvalue weighted by molar-refractivity contribution is -0.122. The third-order valence-corrected chi connectivity index (χ3v) is 4.59. The second-order valence-corrected chi connectivity index (χ2v) is 6.58. The number of nitrogens with zero attached hydrogens (tertiary/aromatic N) is 1. The van der Waals surface area contributed by atoms with Gasteiger partial charge in [0.2, 0.25) is 5.91 Å². The highest BCUT2D eigenvalue weighted by molar-refractivity contribution is 5.85. The second kappa shape index (κ2) is 11.8. The van der Waals surface area contributed by atoms with Crippen molar-refractivity contribution in [3.8, 4) is 5.75 Å². The van der Waals surface area contributed by atoms with Crippen molar-refractivity contribution < 1.29 is 18.3 Å². The summed E-state index contributed by atoms with van der Waals surface area (Å²) in [5.41, 5.74) is 7.63. The lowest BCUT2D eigenvalue weighted by Crippen LogP contribution is -2.47. The third kappa shape index (κ3) is 7.03. The molecule has 1 aliphatic rings. The van der Waals surface area contributed by atoms with Crippen molar-refractivity contribution in [2.45, 2.75) is 31.5 Å². The monoisotopic (exact) mass is 447 g/mol. The summed E-state index contributed by atoms with van der Waals surface area (Å²) >= 11 is 0. The van der Waals surface area contributed by atoms with E-state index in [1.807, 2.05) is 35.2 Å². The fourth-order valence-electron chi connectivity index (χ4n) is 3.28. The smallest absolute Gasteiger partial charge is 0.387 e. The molecule has 5 nitrogen and oxygen atoms in total. The number of para-hydroxylation sites is 2. The highest BCUT2D eigenvalue weighted by Crippen LogP contribution is 2.31. The molecule has 9 heteroatoms. The van der Waals surface area contributed by atoms with Gasteiger partial charge in [-0.25, -0.2) is 0 Å². The average Bonchev–Trinajstić information content (AvgIpc) is 3.10. The summed E-state index contributed by atoms with van der Waals surface area (Å²) in [5.74, 6) is -0.0666. The van der Waals surface area contributed by atoms with Crippen molar-refractivity contribution >= 4 is 36.4 Å². The van der Waals surface area contributed by atoms with Crippen molar-refractivity contribution in [1.29, 1.82) is 0 Å². The summed E-state index contributed by atoms with van der Waals surface area (Å²) in [6.07, 6.45) is 1.18. The van der Waals surface area contributed by atoms with Crippen molar-refractivity contribution in [2.75, 3.05) is 18.0 Å². The van der Waals surface area contributed by atoms with Gasteiger partial charge in [-0.05, 0) is 30.5 Å². The van der Waals surface area contributed by atoms with E-state index in [1.54, 1.807) is 18.2 Å². The number of amides is 1. The molecule has 0 bridgehead atoms. The van der Waals surface area contributed by atoms with Crippen LogP contribution in [-0.4, -0.2) is 37.7 Å². The van der Waals surface area contributed by atoms with E-state index in [9.17, 15) is 13.6 Å². The Morgan fingerprint density at radius 3 is 2.48 bits per heavy atom. The minimum absolute atomic E-state index is 0. The van der Waals surface area contributed by atoms with Gasteiger partial charge < -0.3 is 20.7 Å². The molecule has 2 aromatic rings. The fraction of sp³-hybridized carbons (Fsp3) is 0.350. The molecule has 0 saturated carbocycles. The van der Waals surface area contributed by atoms with Crippen LogP contribution >= 0.6 is 24.8 Å². The lowest BCUT2D eigenvalue weighted by Gasteiger charge is -2.22. The van der Waals surface area contributed by atoms with Crippen LogP contribution in [-0.2, 0) is 11.2 Å². The molecule has 2 unspecified atom stereocenters. The summed E-state index contributed by atoms with van der Waals surface area (Å²) in [7, 11) is 0. The quantitative estimate of drug-likeness (QED) is 0.682. The maximum atomic E-state index is 12.6. The fourth-order valence-corrected chi connectivity index (χ4v) is 3.28. The number of nitrogens with two attached hydrogens (primary N) is 1. The lowest BCUT2D eigenvalue weighted by atomic mass is 10.1. The number of halogens is 4. The number of alkyl halides is 2. The van der Waals surface area contributed by atoms with Gasteiger partial charge in [-0.3, -0.25) is 4.79 Å². The number of ether oxygens (including phenoxy) is 1. The predicted octanol–water partition coefficient (Wildman–Crippen LogP) is 3.40. The molecule has 160 valence electrons. The molecule has 1 aliphatic heterocycles. The van der Waals surface area contributed by atoms with Crippen molar-refractivity contribution in [3.63, 3.8) is 0 Å². The first-order valence-corrected chi connectivity index (χ1v) is 8.91. The largest absolute Gasteiger partial charge is 0.433 e. The number of carbonyl (C=O) groups excluding carboxylic acids is 1. The van der Waals surface area contributed by atoms with Crippen LogP contribution in [0.3, 0.4) is 0 Å². The topological polar surface area (TPSA) is 67.6 Å². The second-order valence-electron chi connectivity index (χ2n) is 6.58. The van der Waals surface area contributed by atoms with E-state index in [-0.39, 0.29) is 42.5 Å². The Bertz CT molecular complexity index is 768. The van der Waals surface area contributed by atoms with Crippen LogP contribution in [0.15, 0.2) is 54.6 Å². The van der Waals surface area contributed by atoms with E-state index >= 15 is 0 Å². The summed E-state index contributed by atoms with van der Waals surface area (Å²) < 4.78 is 29.8. The summed E-state index contributed by atoms with van der Waals surface area (Å²) in [5, 5.41) is 2.96. The van der Waals surface area contributed by atoms with Crippen LogP contribution in [0.4, 0.5) is 14.5 Å². The average molecular weight is 448 g/mol. The molecule has 1 saturated heterocycles. The molecule has 0 radical (unpaired) electrons. The Labute approximate surface area is 181 Å². The first kappa shape index (κ1) is 24.9.